The normalized spacial score (nSPS) is 19.7. The summed E-state index contributed by atoms with van der Waals surface area (Å²) in [6.45, 7) is 7.97. The van der Waals surface area contributed by atoms with Crippen LogP contribution in [0.2, 0.25) is 0 Å². The molecule has 0 unspecified atom stereocenters. The van der Waals surface area contributed by atoms with Crippen LogP contribution < -0.4 is 4.74 Å². The monoisotopic (exact) mass is 344 g/mol. The van der Waals surface area contributed by atoms with Crippen LogP contribution in [0, 0.1) is 19.8 Å². The Morgan fingerprint density at radius 1 is 1.36 bits per heavy atom. The van der Waals surface area contributed by atoms with E-state index in [2.05, 4.69) is 27.1 Å². The van der Waals surface area contributed by atoms with Crippen LogP contribution in [-0.2, 0) is 6.54 Å². The maximum Gasteiger partial charge on any atom is 0.137 e. The van der Waals surface area contributed by atoms with Gasteiger partial charge in [0.2, 0.25) is 0 Å². The molecule has 6 nitrogen and oxygen atoms in total. The van der Waals surface area contributed by atoms with Gasteiger partial charge >= 0.3 is 0 Å². The Kier molecular flexibility index (Phi) is 6.04. The van der Waals surface area contributed by atoms with Gasteiger partial charge in [-0.25, -0.2) is 4.98 Å². The maximum atomic E-state index is 10.4. The highest BCUT2D eigenvalue weighted by atomic mass is 16.5. The van der Waals surface area contributed by atoms with Crippen molar-refractivity contribution >= 4 is 0 Å². The van der Waals surface area contributed by atoms with Crippen LogP contribution in [0.25, 0.3) is 0 Å². The molecule has 0 saturated carbocycles. The van der Waals surface area contributed by atoms with Crippen LogP contribution in [0.3, 0.4) is 0 Å². The van der Waals surface area contributed by atoms with E-state index in [1.807, 2.05) is 24.6 Å². The molecular formula is C19H28N4O2. The Bertz CT molecular complexity index is 659. The number of aliphatic hydroxyl groups excluding tert-OH is 1. The highest BCUT2D eigenvalue weighted by Crippen LogP contribution is 2.20. The molecule has 136 valence electrons. The molecular weight excluding hydrogens is 316 g/mol. The van der Waals surface area contributed by atoms with Gasteiger partial charge in [-0.3, -0.25) is 4.68 Å². The van der Waals surface area contributed by atoms with Gasteiger partial charge in [0.05, 0.1) is 0 Å². The Labute approximate surface area is 149 Å². The zero-order chi connectivity index (χ0) is 17.6. The molecule has 1 aliphatic rings. The summed E-state index contributed by atoms with van der Waals surface area (Å²) < 4.78 is 7.73. The first kappa shape index (κ1) is 17.9. The average molecular weight is 344 g/mol. The highest BCUT2D eigenvalue weighted by molar-refractivity contribution is 5.35. The topological polar surface area (TPSA) is 63.4 Å². The number of aryl methyl sites for hydroxylation is 2. The first-order chi connectivity index (χ1) is 12.1. The summed E-state index contributed by atoms with van der Waals surface area (Å²) in [5.41, 5.74) is 2.27. The lowest BCUT2D eigenvalue weighted by Gasteiger charge is -2.33. The molecule has 2 aromatic rings. The van der Waals surface area contributed by atoms with E-state index in [0.29, 0.717) is 19.1 Å². The lowest BCUT2D eigenvalue weighted by atomic mass is 9.98. The molecule has 0 spiro atoms. The number of benzene rings is 1. The van der Waals surface area contributed by atoms with Crippen LogP contribution in [-0.4, -0.2) is 57.1 Å². The van der Waals surface area contributed by atoms with E-state index < -0.39 is 6.10 Å². The molecule has 0 radical (unpaired) electrons. The molecule has 1 N–H and O–H groups in total. The van der Waals surface area contributed by atoms with E-state index in [-0.39, 0.29) is 0 Å². The van der Waals surface area contributed by atoms with E-state index in [1.165, 1.54) is 12.0 Å². The van der Waals surface area contributed by atoms with Crippen molar-refractivity contribution in [3.05, 3.63) is 42.0 Å². The number of hydrogen-bond donors (Lipinski definition) is 1. The Hall–Kier alpha value is -1.92. The van der Waals surface area contributed by atoms with Crippen molar-refractivity contribution in [2.75, 3.05) is 26.2 Å². The van der Waals surface area contributed by atoms with Crippen molar-refractivity contribution in [2.45, 2.75) is 39.3 Å². The summed E-state index contributed by atoms with van der Waals surface area (Å²) >= 11 is 0. The second kappa shape index (κ2) is 8.45. The van der Waals surface area contributed by atoms with Gasteiger partial charge in [0.25, 0.3) is 0 Å². The number of rotatable bonds is 7. The van der Waals surface area contributed by atoms with Crippen LogP contribution in [0.4, 0.5) is 0 Å². The van der Waals surface area contributed by atoms with Gasteiger partial charge in [-0.2, -0.15) is 5.10 Å². The van der Waals surface area contributed by atoms with Gasteiger partial charge in [0, 0.05) is 19.6 Å². The molecule has 0 bridgehead atoms. The Morgan fingerprint density at radius 3 is 3.04 bits per heavy atom. The first-order valence-corrected chi connectivity index (χ1v) is 9.03. The third-order valence-corrected chi connectivity index (χ3v) is 4.76. The molecule has 25 heavy (non-hydrogen) atoms. The molecule has 0 amide bonds. The molecule has 1 fully saturated rings. The van der Waals surface area contributed by atoms with Crippen molar-refractivity contribution in [3.8, 4) is 5.75 Å². The van der Waals surface area contributed by atoms with Crippen molar-refractivity contribution in [2.24, 2.45) is 5.92 Å². The van der Waals surface area contributed by atoms with Crippen molar-refractivity contribution in [1.82, 2.24) is 19.7 Å². The smallest absolute Gasteiger partial charge is 0.137 e. The van der Waals surface area contributed by atoms with Gasteiger partial charge in [-0.1, -0.05) is 12.1 Å². The lowest BCUT2D eigenvalue weighted by Crippen LogP contribution is -2.42. The standard InChI is InChI=1S/C19H28N4O2/c1-15-5-6-16(2)19(8-15)25-12-18(24)11-22-7-3-4-17(9-22)10-23-14-20-13-21-23/h5-6,8,13-14,17-18,24H,3-4,7,9-12H2,1-2H3/t17-,18-/m0/s1. The van der Waals surface area contributed by atoms with Crippen LogP contribution in [0.5, 0.6) is 5.75 Å². The van der Waals surface area contributed by atoms with Crippen molar-refractivity contribution in [1.29, 1.82) is 0 Å². The summed E-state index contributed by atoms with van der Waals surface area (Å²) in [6.07, 6.45) is 5.22. The predicted molar refractivity (Wildman–Crippen MR) is 96.6 cm³/mol. The number of piperidine rings is 1. The van der Waals surface area contributed by atoms with E-state index in [0.717, 1.165) is 37.4 Å². The molecule has 1 aromatic carbocycles. The molecule has 1 aromatic heterocycles. The Balaban J connectivity index is 1.45. The number of hydrogen-bond acceptors (Lipinski definition) is 5. The number of ether oxygens (including phenoxy) is 1. The van der Waals surface area contributed by atoms with E-state index in [1.54, 1.807) is 12.7 Å². The molecule has 2 atom stereocenters. The fourth-order valence-corrected chi connectivity index (χ4v) is 3.46. The predicted octanol–water partition coefficient (Wildman–Crippen LogP) is 2.05. The van der Waals surface area contributed by atoms with Crippen LogP contribution >= 0.6 is 0 Å². The second-order valence-corrected chi connectivity index (χ2v) is 7.12. The van der Waals surface area contributed by atoms with Gasteiger partial charge < -0.3 is 14.7 Å². The largest absolute Gasteiger partial charge is 0.491 e. The fraction of sp³-hybridized carbons (Fsp3) is 0.579. The van der Waals surface area contributed by atoms with E-state index >= 15 is 0 Å². The average Bonchev–Trinajstić information content (AvgIpc) is 3.09. The quantitative estimate of drug-likeness (QED) is 0.833. The lowest BCUT2D eigenvalue weighted by molar-refractivity contribution is 0.0493. The summed E-state index contributed by atoms with van der Waals surface area (Å²) in [5.74, 6) is 1.42. The molecule has 6 heteroatoms. The summed E-state index contributed by atoms with van der Waals surface area (Å²) in [4.78, 5) is 6.34. The third kappa shape index (κ3) is 5.28. The number of aromatic nitrogens is 3. The number of β-amino-alcohol motifs (C(OH)–C–C–N with tert-alkyl or cyclic N) is 1. The van der Waals surface area contributed by atoms with Gasteiger partial charge in [0.1, 0.15) is 31.1 Å². The van der Waals surface area contributed by atoms with Crippen molar-refractivity contribution < 1.29 is 9.84 Å². The molecule has 1 saturated heterocycles. The summed E-state index contributed by atoms with van der Waals surface area (Å²) in [5, 5.41) is 14.6. The van der Waals surface area contributed by atoms with Gasteiger partial charge in [0.15, 0.2) is 0 Å². The maximum absolute atomic E-state index is 10.4. The summed E-state index contributed by atoms with van der Waals surface area (Å²) in [6, 6.07) is 6.15. The zero-order valence-corrected chi connectivity index (χ0v) is 15.1. The number of nitrogens with zero attached hydrogens (tertiary/aromatic N) is 4. The SMILES string of the molecule is Cc1ccc(C)c(OC[C@@H](O)CN2CCC[C@H](Cn3cncn3)C2)c1. The van der Waals surface area contributed by atoms with Gasteiger partial charge in [-0.15, -0.1) is 0 Å². The zero-order valence-electron chi connectivity index (χ0n) is 15.1. The number of likely N-dealkylation sites (tertiary alicyclic amines) is 1. The van der Waals surface area contributed by atoms with Crippen molar-refractivity contribution in [3.63, 3.8) is 0 Å². The third-order valence-electron chi connectivity index (χ3n) is 4.76. The van der Waals surface area contributed by atoms with Crippen LogP contribution in [0.1, 0.15) is 24.0 Å². The number of aliphatic hydroxyl groups is 1. The van der Waals surface area contributed by atoms with E-state index in [9.17, 15) is 5.11 Å². The molecule has 0 aliphatic carbocycles. The minimum Gasteiger partial charge on any atom is -0.491 e. The summed E-state index contributed by atoms with van der Waals surface area (Å²) in [7, 11) is 0. The minimum absolute atomic E-state index is 0.328. The van der Waals surface area contributed by atoms with Gasteiger partial charge in [-0.05, 0) is 56.3 Å². The van der Waals surface area contributed by atoms with E-state index in [4.69, 9.17) is 4.74 Å². The first-order valence-electron chi connectivity index (χ1n) is 9.03. The minimum atomic E-state index is -0.481. The Morgan fingerprint density at radius 2 is 2.24 bits per heavy atom. The molecule has 3 rings (SSSR count). The fourth-order valence-electron chi connectivity index (χ4n) is 3.46. The van der Waals surface area contributed by atoms with Crippen LogP contribution in [0.15, 0.2) is 30.9 Å². The highest BCUT2D eigenvalue weighted by Gasteiger charge is 2.22. The molecule has 2 heterocycles. The second-order valence-electron chi connectivity index (χ2n) is 7.12. The molecule has 1 aliphatic heterocycles.